The first-order valence-corrected chi connectivity index (χ1v) is 10.9. The van der Waals surface area contributed by atoms with Gasteiger partial charge in [-0.15, -0.1) is 0 Å². The van der Waals surface area contributed by atoms with Crippen molar-refractivity contribution in [3.05, 3.63) is 54.1 Å². The highest BCUT2D eigenvalue weighted by molar-refractivity contribution is 5.80. The number of para-hydroxylation sites is 2. The Labute approximate surface area is 185 Å². The van der Waals surface area contributed by atoms with E-state index >= 15 is 0 Å². The van der Waals surface area contributed by atoms with Gasteiger partial charge >= 0.3 is 0 Å². The lowest BCUT2D eigenvalue weighted by atomic mass is 10.0. The number of hydrogen-bond acceptors (Lipinski definition) is 5. The molecule has 0 spiro atoms. The van der Waals surface area contributed by atoms with E-state index in [0.717, 1.165) is 61.2 Å². The van der Waals surface area contributed by atoms with E-state index in [1.54, 1.807) is 14.2 Å². The Morgan fingerprint density at radius 2 is 2.03 bits per heavy atom. The topological polar surface area (TPSA) is 78.4 Å². The first-order chi connectivity index (χ1) is 15.1. The van der Waals surface area contributed by atoms with E-state index in [1.165, 1.54) is 0 Å². The van der Waals surface area contributed by atoms with Gasteiger partial charge in [-0.05, 0) is 49.6 Å². The van der Waals surface area contributed by atoms with Gasteiger partial charge in [0.15, 0.2) is 5.96 Å². The second-order valence-corrected chi connectivity index (χ2v) is 7.61. The molecule has 3 rings (SSSR count). The van der Waals surface area contributed by atoms with Crippen LogP contribution in [0.15, 0.2) is 53.5 Å². The number of guanidine groups is 1. The van der Waals surface area contributed by atoms with Crippen molar-refractivity contribution in [1.82, 2.24) is 10.6 Å². The standard InChI is InChI=1S/C24H34N4O3/c1-4-25-24(26-16-22(29)18-9-7-11-20(15-18)30-2)27-19-10-8-14-28(17-19)21-12-5-6-13-23(21)31-3/h5-7,9,11-13,15,19,22,29H,4,8,10,14,16-17H2,1-3H3,(H2,25,26,27). The molecule has 168 valence electrons. The van der Waals surface area contributed by atoms with Gasteiger partial charge in [0, 0.05) is 25.7 Å². The molecule has 0 aliphatic carbocycles. The zero-order valence-corrected chi connectivity index (χ0v) is 18.7. The second kappa shape index (κ2) is 11.5. The van der Waals surface area contributed by atoms with Crippen LogP contribution in [0.25, 0.3) is 0 Å². The van der Waals surface area contributed by atoms with Crippen molar-refractivity contribution in [3.8, 4) is 11.5 Å². The van der Waals surface area contributed by atoms with Crippen LogP contribution in [0.3, 0.4) is 0 Å². The highest BCUT2D eigenvalue weighted by atomic mass is 16.5. The number of ether oxygens (including phenoxy) is 2. The molecule has 2 aromatic rings. The summed E-state index contributed by atoms with van der Waals surface area (Å²) in [4.78, 5) is 6.99. The largest absolute Gasteiger partial charge is 0.497 e. The molecule has 1 aliphatic rings. The quantitative estimate of drug-likeness (QED) is 0.445. The van der Waals surface area contributed by atoms with Crippen molar-refractivity contribution in [3.63, 3.8) is 0 Å². The molecule has 2 unspecified atom stereocenters. The van der Waals surface area contributed by atoms with E-state index in [-0.39, 0.29) is 12.6 Å². The minimum atomic E-state index is -0.693. The van der Waals surface area contributed by atoms with Crippen LogP contribution in [0.2, 0.25) is 0 Å². The van der Waals surface area contributed by atoms with Crippen molar-refractivity contribution < 1.29 is 14.6 Å². The summed E-state index contributed by atoms with van der Waals surface area (Å²) in [6.45, 7) is 4.93. The van der Waals surface area contributed by atoms with Gasteiger partial charge in [-0.2, -0.15) is 0 Å². The Balaban J connectivity index is 1.64. The predicted molar refractivity (Wildman–Crippen MR) is 125 cm³/mol. The van der Waals surface area contributed by atoms with Gasteiger partial charge in [0.05, 0.1) is 32.6 Å². The van der Waals surface area contributed by atoms with E-state index in [0.29, 0.717) is 0 Å². The summed E-state index contributed by atoms with van der Waals surface area (Å²) in [5.74, 6) is 2.34. The third kappa shape index (κ3) is 6.28. The van der Waals surface area contributed by atoms with Crippen molar-refractivity contribution in [2.45, 2.75) is 31.9 Å². The molecular formula is C24H34N4O3. The second-order valence-electron chi connectivity index (χ2n) is 7.61. The van der Waals surface area contributed by atoms with E-state index in [1.807, 2.05) is 49.4 Å². The van der Waals surface area contributed by atoms with Crippen LogP contribution in [-0.4, -0.2) is 57.5 Å². The van der Waals surface area contributed by atoms with Crippen molar-refractivity contribution in [2.75, 3.05) is 45.3 Å². The van der Waals surface area contributed by atoms with E-state index in [2.05, 4.69) is 26.6 Å². The van der Waals surface area contributed by atoms with E-state index in [9.17, 15) is 5.11 Å². The summed E-state index contributed by atoms with van der Waals surface area (Å²) in [6, 6.07) is 15.8. The van der Waals surface area contributed by atoms with E-state index in [4.69, 9.17) is 9.47 Å². The molecular weight excluding hydrogens is 392 g/mol. The molecule has 0 amide bonds. The Hall–Kier alpha value is -2.93. The lowest BCUT2D eigenvalue weighted by Gasteiger charge is -2.36. The van der Waals surface area contributed by atoms with Crippen molar-refractivity contribution in [1.29, 1.82) is 0 Å². The first-order valence-electron chi connectivity index (χ1n) is 10.9. The number of aliphatic hydroxyl groups is 1. The molecule has 3 N–H and O–H groups in total. The number of anilines is 1. The number of benzene rings is 2. The Morgan fingerprint density at radius 3 is 2.81 bits per heavy atom. The van der Waals surface area contributed by atoms with E-state index < -0.39 is 6.10 Å². The fourth-order valence-electron chi connectivity index (χ4n) is 3.85. The summed E-state index contributed by atoms with van der Waals surface area (Å²) in [6.07, 6.45) is 1.46. The molecule has 7 heteroatoms. The van der Waals surface area contributed by atoms with Gasteiger partial charge < -0.3 is 30.1 Å². The van der Waals surface area contributed by atoms with Gasteiger partial charge in [-0.25, -0.2) is 0 Å². The molecule has 0 saturated carbocycles. The fourth-order valence-corrected chi connectivity index (χ4v) is 3.85. The Bertz CT molecular complexity index is 858. The minimum absolute atomic E-state index is 0.255. The van der Waals surface area contributed by atoms with Crippen LogP contribution in [0.4, 0.5) is 5.69 Å². The van der Waals surface area contributed by atoms with Crippen LogP contribution in [0.5, 0.6) is 11.5 Å². The van der Waals surface area contributed by atoms with Crippen LogP contribution in [-0.2, 0) is 0 Å². The highest BCUT2D eigenvalue weighted by Crippen LogP contribution is 2.29. The summed E-state index contributed by atoms with van der Waals surface area (Å²) in [5.41, 5.74) is 1.91. The number of aliphatic imine (C=N–C) groups is 1. The number of piperidine rings is 1. The molecule has 0 aromatic heterocycles. The summed E-state index contributed by atoms with van der Waals surface area (Å²) in [7, 11) is 3.33. The average molecular weight is 427 g/mol. The number of nitrogens with zero attached hydrogens (tertiary/aromatic N) is 2. The lowest BCUT2D eigenvalue weighted by molar-refractivity contribution is 0.186. The third-order valence-corrected chi connectivity index (χ3v) is 5.43. The van der Waals surface area contributed by atoms with Crippen LogP contribution >= 0.6 is 0 Å². The summed E-state index contributed by atoms with van der Waals surface area (Å²) >= 11 is 0. The highest BCUT2D eigenvalue weighted by Gasteiger charge is 2.23. The maximum Gasteiger partial charge on any atom is 0.191 e. The number of hydrogen-bond donors (Lipinski definition) is 3. The van der Waals surface area contributed by atoms with Crippen molar-refractivity contribution in [2.24, 2.45) is 4.99 Å². The zero-order valence-electron chi connectivity index (χ0n) is 18.7. The molecule has 1 heterocycles. The third-order valence-electron chi connectivity index (χ3n) is 5.43. The zero-order chi connectivity index (χ0) is 22.1. The smallest absolute Gasteiger partial charge is 0.191 e. The van der Waals surface area contributed by atoms with Gasteiger partial charge in [-0.1, -0.05) is 24.3 Å². The van der Waals surface area contributed by atoms with Gasteiger partial charge in [-0.3, -0.25) is 4.99 Å². The number of methoxy groups -OCH3 is 2. The van der Waals surface area contributed by atoms with Crippen LogP contribution in [0, 0.1) is 0 Å². The minimum Gasteiger partial charge on any atom is -0.497 e. The number of rotatable bonds is 8. The Kier molecular flexibility index (Phi) is 8.41. The molecule has 1 saturated heterocycles. The number of aliphatic hydroxyl groups excluding tert-OH is 1. The van der Waals surface area contributed by atoms with Crippen molar-refractivity contribution >= 4 is 11.6 Å². The van der Waals surface area contributed by atoms with Gasteiger partial charge in [0.25, 0.3) is 0 Å². The Morgan fingerprint density at radius 1 is 1.19 bits per heavy atom. The maximum atomic E-state index is 10.6. The molecule has 31 heavy (non-hydrogen) atoms. The monoisotopic (exact) mass is 426 g/mol. The van der Waals surface area contributed by atoms with Crippen LogP contribution < -0.4 is 25.0 Å². The summed E-state index contributed by atoms with van der Waals surface area (Å²) < 4.78 is 10.8. The SMILES string of the molecule is CCNC(=NCC(O)c1cccc(OC)c1)NC1CCCN(c2ccccc2OC)C1. The van der Waals surface area contributed by atoms with Gasteiger partial charge in [0.2, 0.25) is 0 Å². The van der Waals surface area contributed by atoms with Gasteiger partial charge in [0.1, 0.15) is 11.5 Å². The molecule has 1 fully saturated rings. The molecule has 0 radical (unpaired) electrons. The molecule has 2 aromatic carbocycles. The maximum absolute atomic E-state index is 10.6. The van der Waals surface area contributed by atoms with Crippen LogP contribution in [0.1, 0.15) is 31.4 Å². The average Bonchev–Trinajstić information content (AvgIpc) is 2.82. The fraction of sp³-hybridized carbons (Fsp3) is 0.458. The molecule has 2 atom stereocenters. The molecule has 0 bridgehead atoms. The first kappa shape index (κ1) is 22.7. The molecule has 7 nitrogen and oxygen atoms in total. The summed E-state index contributed by atoms with van der Waals surface area (Å²) in [5, 5.41) is 17.4. The molecule has 1 aliphatic heterocycles. The number of nitrogens with one attached hydrogen (secondary N) is 2. The predicted octanol–water partition coefficient (Wildman–Crippen LogP) is 2.96. The normalized spacial score (nSPS) is 17.7. The lowest BCUT2D eigenvalue weighted by Crippen LogP contribution is -2.51.